The summed E-state index contributed by atoms with van der Waals surface area (Å²) >= 11 is 0. The Morgan fingerprint density at radius 1 is 1.36 bits per heavy atom. The molecule has 0 aliphatic carbocycles. The highest BCUT2D eigenvalue weighted by Crippen LogP contribution is 2.24. The van der Waals surface area contributed by atoms with Crippen LogP contribution in [0.15, 0.2) is 28.7 Å². The lowest BCUT2D eigenvalue weighted by Crippen LogP contribution is -2.44. The van der Waals surface area contributed by atoms with Crippen LogP contribution in [-0.2, 0) is 16.0 Å². The van der Waals surface area contributed by atoms with Crippen LogP contribution in [0.1, 0.15) is 23.4 Å². The van der Waals surface area contributed by atoms with Gasteiger partial charge in [-0.2, -0.15) is 0 Å². The van der Waals surface area contributed by atoms with Gasteiger partial charge in [0.1, 0.15) is 11.9 Å². The number of benzene rings is 1. The fourth-order valence-electron chi connectivity index (χ4n) is 2.43. The van der Waals surface area contributed by atoms with E-state index in [0.717, 1.165) is 5.56 Å². The van der Waals surface area contributed by atoms with Crippen molar-refractivity contribution in [2.24, 2.45) is 0 Å². The SMILES string of the molecule is Cc1nnc([C@H]2COCCN2C(=O)Cc2ccc(F)cc2)o1. The quantitative estimate of drug-likeness (QED) is 0.862. The average molecular weight is 305 g/mol. The molecular weight excluding hydrogens is 289 g/mol. The lowest BCUT2D eigenvalue weighted by Gasteiger charge is -2.33. The second-order valence-electron chi connectivity index (χ2n) is 5.14. The highest BCUT2D eigenvalue weighted by molar-refractivity contribution is 5.79. The van der Waals surface area contributed by atoms with Crippen LogP contribution in [0.4, 0.5) is 4.39 Å². The Morgan fingerprint density at radius 3 is 2.82 bits per heavy atom. The van der Waals surface area contributed by atoms with Crippen LogP contribution in [0.5, 0.6) is 0 Å². The number of carbonyl (C=O) groups excluding carboxylic acids is 1. The van der Waals surface area contributed by atoms with E-state index in [1.807, 2.05) is 0 Å². The van der Waals surface area contributed by atoms with Gasteiger partial charge in [-0.05, 0) is 17.7 Å². The van der Waals surface area contributed by atoms with Gasteiger partial charge in [-0.25, -0.2) is 4.39 Å². The molecule has 1 atom stereocenters. The van der Waals surface area contributed by atoms with Crippen molar-refractivity contribution in [1.82, 2.24) is 15.1 Å². The van der Waals surface area contributed by atoms with Gasteiger partial charge in [0.2, 0.25) is 17.7 Å². The van der Waals surface area contributed by atoms with Crippen LogP contribution in [-0.4, -0.2) is 40.8 Å². The first-order valence-electron chi connectivity index (χ1n) is 7.05. The highest BCUT2D eigenvalue weighted by Gasteiger charge is 2.32. The van der Waals surface area contributed by atoms with E-state index in [1.54, 1.807) is 24.0 Å². The van der Waals surface area contributed by atoms with Crippen molar-refractivity contribution < 1.29 is 18.3 Å². The number of hydrogen-bond acceptors (Lipinski definition) is 5. The molecule has 1 saturated heterocycles. The molecule has 1 aliphatic rings. The van der Waals surface area contributed by atoms with Gasteiger partial charge in [-0.1, -0.05) is 12.1 Å². The molecule has 1 aliphatic heterocycles. The van der Waals surface area contributed by atoms with Gasteiger partial charge < -0.3 is 14.1 Å². The van der Waals surface area contributed by atoms with Crippen molar-refractivity contribution in [2.75, 3.05) is 19.8 Å². The maximum Gasteiger partial charge on any atom is 0.241 e. The Morgan fingerprint density at radius 2 is 2.14 bits per heavy atom. The van der Waals surface area contributed by atoms with Gasteiger partial charge >= 0.3 is 0 Å². The zero-order valence-electron chi connectivity index (χ0n) is 12.2. The molecule has 1 aromatic heterocycles. The molecule has 0 N–H and O–H groups in total. The Kier molecular flexibility index (Phi) is 4.15. The van der Waals surface area contributed by atoms with Gasteiger partial charge in [-0.15, -0.1) is 10.2 Å². The van der Waals surface area contributed by atoms with Gasteiger partial charge in [0.05, 0.1) is 19.6 Å². The summed E-state index contributed by atoms with van der Waals surface area (Å²) in [7, 11) is 0. The second-order valence-corrected chi connectivity index (χ2v) is 5.14. The molecule has 0 radical (unpaired) electrons. The summed E-state index contributed by atoms with van der Waals surface area (Å²) in [5.41, 5.74) is 0.762. The highest BCUT2D eigenvalue weighted by atomic mass is 19.1. The predicted octanol–water partition coefficient (Wildman–Crippen LogP) is 1.66. The van der Waals surface area contributed by atoms with E-state index in [9.17, 15) is 9.18 Å². The summed E-state index contributed by atoms with van der Waals surface area (Å²) in [6.45, 7) is 2.96. The van der Waals surface area contributed by atoms with Crippen LogP contribution in [0.25, 0.3) is 0 Å². The Balaban J connectivity index is 1.75. The van der Waals surface area contributed by atoms with Gasteiger partial charge in [0.25, 0.3) is 0 Å². The molecule has 2 aromatic rings. The number of morpholine rings is 1. The molecule has 22 heavy (non-hydrogen) atoms. The summed E-state index contributed by atoms with van der Waals surface area (Å²) in [6, 6.07) is 5.54. The van der Waals surface area contributed by atoms with Gasteiger partial charge in [0, 0.05) is 13.5 Å². The van der Waals surface area contributed by atoms with Gasteiger partial charge in [0.15, 0.2) is 0 Å². The number of amides is 1. The molecule has 7 heteroatoms. The molecule has 1 fully saturated rings. The van der Waals surface area contributed by atoms with E-state index >= 15 is 0 Å². The number of aromatic nitrogens is 2. The van der Waals surface area contributed by atoms with Crippen molar-refractivity contribution in [2.45, 2.75) is 19.4 Å². The smallest absolute Gasteiger partial charge is 0.241 e. The zero-order valence-corrected chi connectivity index (χ0v) is 12.2. The molecule has 3 rings (SSSR count). The van der Waals surface area contributed by atoms with E-state index < -0.39 is 0 Å². The summed E-state index contributed by atoms with van der Waals surface area (Å²) in [6.07, 6.45) is 0.198. The normalized spacial score (nSPS) is 18.5. The topological polar surface area (TPSA) is 68.5 Å². The summed E-state index contributed by atoms with van der Waals surface area (Å²) in [5.74, 6) is 0.439. The van der Waals surface area contributed by atoms with Crippen LogP contribution in [0.3, 0.4) is 0 Å². The van der Waals surface area contributed by atoms with Gasteiger partial charge in [-0.3, -0.25) is 4.79 Å². The lowest BCUT2D eigenvalue weighted by molar-refractivity contribution is -0.140. The van der Waals surface area contributed by atoms with Crippen molar-refractivity contribution in [3.63, 3.8) is 0 Å². The van der Waals surface area contributed by atoms with Crippen molar-refractivity contribution >= 4 is 5.91 Å². The molecular formula is C15H16FN3O3. The molecule has 0 bridgehead atoms. The number of aryl methyl sites for hydroxylation is 1. The van der Waals surface area contributed by atoms with Crippen molar-refractivity contribution in [3.8, 4) is 0 Å². The first-order valence-corrected chi connectivity index (χ1v) is 7.05. The largest absolute Gasteiger partial charge is 0.423 e. The number of hydrogen-bond donors (Lipinski definition) is 0. The molecule has 116 valence electrons. The summed E-state index contributed by atoms with van der Waals surface area (Å²) in [4.78, 5) is 14.2. The zero-order chi connectivity index (χ0) is 15.5. The van der Waals surface area contributed by atoms with Crippen LogP contribution in [0.2, 0.25) is 0 Å². The standard InChI is InChI=1S/C15H16FN3O3/c1-10-17-18-15(22-10)13-9-21-7-6-19(13)14(20)8-11-2-4-12(16)5-3-11/h2-5,13H,6-9H2,1H3/t13-/m1/s1. The molecule has 0 unspecified atom stereocenters. The van der Waals surface area contributed by atoms with E-state index in [0.29, 0.717) is 31.5 Å². The van der Waals surface area contributed by atoms with E-state index in [1.165, 1.54) is 12.1 Å². The first-order chi connectivity index (χ1) is 10.6. The van der Waals surface area contributed by atoms with Crippen LogP contribution in [0, 0.1) is 12.7 Å². The minimum absolute atomic E-state index is 0.0734. The van der Waals surface area contributed by atoms with E-state index in [-0.39, 0.29) is 24.2 Å². The number of ether oxygens (including phenoxy) is 1. The Labute approximate surface area is 126 Å². The van der Waals surface area contributed by atoms with Crippen LogP contribution >= 0.6 is 0 Å². The Bertz CT molecular complexity index is 656. The maximum atomic E-state index is 12.9. The lowest BCUT2D eigenvalue weighted by atomic mass is 10.1. The van der Waals surface area contributed by atoms with Crippen molar-refractivity contribution in [1.29, 1.82) is 0 Å². The maximum absolute atomic E-state index is 12.9. The third kappa shape index (κ3) is 3.14. The van der Waals surface area contributed by atoms with E-state index in [2.05, 4.69) is 10.2 Å². The minimum atomic E-state index is -0.372. The average Bonchev–Trinajstić information content (AvgIpc) is 2.96. The second kappa shape index (κ2) is 6.23. The molecule has 6 nitrogen and oxygen atoms in total. The van der Waals surface area contributed by atoms with Crippen LogP contribution < -0.4 is 0 Å². The molecule has 0 saturated carbocycles. The molecule has 1 aromatic carbocycles. The fraction of sp³-hybridized carbons (Fsp3) is 0.400. The first kappa shape index (κ1) is 14.6. The molecule has 1 amide bonds. The Hall–Kier alpha value is -2.28. The van der Waals surface area contributed by atoms with E-state index in [4.69, 9.17) is 9.15 Å². The number of nitrogens with zero attached hydrogens (tertiary/aromatic N) is 3. The summed E-state index contributed by atoms with van der Waals surface area (Å²) < 4.78 is 23.8. The predicted molar refractivity (Wildman–Crippen MR) is 74.4 cm³/mol. The third-order valence-corrected chi connectivity index (χ3v) is 3.54. The number of rotatable bonds is 3. The summed E-state index contributed by atoms with van der Waals surface area (Å²) in [5, 5.41) is 7.78. The third-order valence-electron chi connectivity index (χ3n) is 3.54. The van der Waals surface area contributed by atoms with Crippen molar-refractivity contribution in [3.05, 3.63) is 47.4 Å². The monoisotopic (exact) mass is 305 g/mol. The minimum Gasteiger partial charge on any atom is -0.423 e. The fourth-order valence-corrected chi connectivity index (χ4v) is 2.43. The number of carbonyl (C=O) groups is 1. The molecule has 0 spiro atoms. The molecule has 2 heterocycles. The number of halogens is 1.